The molecule has 0 fully saturated rings. The molecule has 6 nitrogen and oxygen atoms in total. The van der Waals surface area contributed by atoms with Crippen LogP contribution in [0.4, 0.5) is 4.39 Å². The topological polar surface area (TPSA) is 85.2 Å². The second kappa shape index (κ2) is 7.29. The highest BCUT2D eigenvalue weighted by Gasteiger charge is 2.21. The summed E-state index contributed by atoms with van der Waals surface area (Å²) in [5, 5.41) is 0.560. The quantitative estimate of drug-likeness (QED) is 0.481. The fraction of sp³-hybridized carbons (Fsp3) is 0.190. The van der Waals surface area contributed by atoms with Gasteiger partial charge in [0.1, 0.15) is 16.4 Å². The van der Waals surface area contributed by atoms with Crippen LogP contribution in [0.25, 0.3) is 21.5 Å². The van der Waals surface area contributed by atoms with Crippen molar-refractivity contribution in [3.8, 4) is 11.3 Å². The van der Waals surface area contributed by atoms with E-state index in [1.54, 1.807) is 25.1 Å². The summed E-state index contributed by atoms with van der Waals surface area (Å²) >= 11 is 1.42. The highest BCUT2D eigenvalue weighted by Crippen LogP contribution is 2.28. The molecule has 8 heteroatoms. The van der Waals surface area contributed by atoms with E-state index < -0.39 is 12.1 Å². The molecule has 3 heterocycles. The predicted octanol–water partition coefficient (Wildman–Crippen LogP) is 4.92. The number of nitrogens with one attached hydrogen (secondary N) is 1. The normalized spacial score (nSPS) is 12.3. The van der Waals surface area contributed by atoms with Gasteiger partial charge in [0.15, 0.2) is 11.9 Å². The predicted molar refractivity (Wildman–Crippen MR) is 108 cm³/mol. The van der Waals surface area contributed by atoms with Crippen molar-refractivity contribution in [2.24, 2.45) is 0 Å². The molecular weight excluding hydrogens is 395 g/mol. The fourth-order valence-electron chi connectivity index (χ4n) is 2.96. The first kappa shape index (κ1) is 19.1. The van der Waals surface area contributed by atoms with E-state index in [-0.39, 0.29) is 23.0 Å². The van der Waals surface area contributed by atoms with Gasteiger partial charge < -0.3 is 14.1 Å². The van der Waals surface area contributed by atoms with Crippen LogP contribution in [0.15, 0.2) is 45.6 Å². The van der Waals surface area contributed by atoms with Gasteiger partial charge in [-0.2, -0.15) is 0 Å². The van der Waals surface area contributed by atoms with Crippen LogP contribution in [-0.2, 0) is 4.74 Å². The number of esters is 1. The molecule has 0 spiro atoms. The summed E-state index contributed by atoms with van der Waals surface area (Å²) < 4.78 is 24.0. The minimum absolute atomic E-state index is 0.00223. The number of H-pyrrole nitrogens is 1. The first-order chi connectivity index (χ1) is 13.8. The number of halogens is 1. The minimum Gasteiger partial charge on any atom is -0.449 e. The van der Waals surface area contributed by atoms with Crippen LogP contribution in [0.1, 0.15) is 39.8 Å². The van der Waals surface area contributed by atoms with Crippen LogP contribution in [0.3, 0.4) is 0 Å². The Hall–Kier alpha value is -3.26. The third-order valence-corrected chi connectivity index (χ3v) is 5.76. The fourth-order valence-corrected chi connectivity index (χ4v) is 3.99. The Morgan fingerprint density at radius 3 is 2.66 bits per heavy atom. The number of hydrogen-bond donors (Lipinski definition) is 1. The van der Waals surface area contributed by atoms with E-state index in [1.165, 1.54) is 29.5 Å². The summed E-state index contributed by atoms with van der Waals surface area (Å²) in [5.74, 6) is -0.359. The van der Waals surface area contributed by atoms with Gasteiger partial charge in [0.2, 0.25) is 5.76 Å². The summed E-state index contributed by atoms with van der Waals surface area (Å²) in [6.07, 6.45) is -0.776. The van der Waals surface area contributed by atoms with Gasteiger partial charge >= 0.3 is 5.97 Å². The molecule has 0 saturated heterocycles. The van der Waals surface area contributed by atoms with Crippen LogP contribution >= 0.6 is 11.3 Å². The third-order valence-electron chi connectivity index (χ3n) is 4.66. The maximum atomic E-state index is 13.1. The largest absolute Gasteiger partial charge is 0.449 e. The van der Waals surface area contributed by atoms with Crippen molar-refractivity contribution in [2.45, 2.75) is 26.9 Å². The van der Waals surface area contributed by atoms with Crippen molar-refractivity contribution < 1.29 is 18.3 Å². The first-order valence-corrected chi connectivity index (χ1v) is 9.72. The van der Waals surface area contributed by atoms with Crippen molar-refractivity contribution in [1.29, 1.82) is 0 Å². The Bertz CT molecular complexity index is 1270. The number of furan rings is 1. The van der Waals surface area contributed by atoms with E-state index >= 15 is 0 Å². The Kier molecular flexibility index (Phi) is 4.79. The summed E-state index contributed by atoms with van der Waals surface area (Å²) in [5.41, 5.74) is 1.28. The molecule has 0 aliphatic heterocycles. The number of aryl methyl sites for hydroxylation is 2. The van der Waals surface area contributed by atoms with Crippen LogP contribution in [-0.4, -0.2) is 15.9 Å². The van der Waals surface area contributed by atoms with Gasteiger partial charge in [-0.3, -0.25) is 4.79 Å². The zero-order valence-electron chi connectivity index (χ0n) is 15.9. The summed E-state index contributed by atoms with van der Waals surface area (Å²) in [6, 6.07) is 8.83. The second-order valence-corrected chi connectivity index (χ2v) is 7.84. The molecule has 1 aromatic carbocycles. The molecule has 4 aromatic rings. The van der Waals surface area contributed by atoms with Crippen molar-refractivity contribution in [3.63, 3.8) is 0 Å². The Labute approximate surface area is 169 Å². The number of benzene rings is 1. The monoisotopic (exact) mass is 412 g/mol. The van der Waals surface area contributed by atoms with E-state index in [9.17, 15) is 14.0 Å². The van der Waals surface area contributed by atoms with Gasteiger partial charge in [-0.1, -0.05) is 0 Å². The molecule has 29 heavy (non-hydrogen) atoms. The lowest BCUT2D eigenvalue weighted by atomic mass is 10.2. The number of aromatic nitrogens is 2. The van der Waals surface area contributed by atoms with Crippen LogP contribution in [0, 0.1) is 19.7 Å². The molecule has 1 N–H and O–H groups in total. The summed E-state index contributed by atoms with van der Waals surface area (Å²) in [4.78, 5) is 33.6. The van der Waals surface area contributed by atoms with Gasteiger partial charge in [-0.05, 0) is 62.7 Å². The lowest BCUT2D eigenvalue weighted by molar-refractivity contribution is 0.0285. The smallest absolute Gasteiger partial charge is 0.374 e. The van der Waals surface area contributed by atoms with Crippen molar-refractivity contribution in [3.05, 3.63) is 74.6 Å². The average molecular weight is 412 g/mol. The molecule has 1 atom stereocenters. The number of ether oxygens (including phenoxy) is 1. The molecule has 0 aliphatic carbocycles. The molecular formula is C21H17FN2O4S. The molecule has 0 bridgehead atoms. The summed E-state index contributed by atoms with van der Waals surface area (Å²) in [6.45, 7) is 5.43. The average Bonchev–Trinajstić information content (AvgIpc) is 3.28. The van der Waals surface area contributed by atoms with Crippen molar-refractivity contribution >= 4 is 27.5 Å². The number of aromatic amines is 1. The van der Waals surface area contributed by atoms with Crippen LogP contribution < -0.4 is 5.56 Å². The zero-order valence-corrected chi connectivity index (χ0v) is 16.7. The minimum atomic E-state index is -0.776. The Morgan fingerprint density at radius 1 is 1.21 bits per heavy atom. The number of fused-ring (bicyclic) bond motifs is 1. The van der Waals surface area contributed by atoms with E-state index in [2.05, 4.69) is 9.97 Å². The molecule has 0 saturated carbocycles. The maximum Gasteiger partial charge on any atom is 0.374 e. The van der Waals surface area contributed by atoms with Gasteiger partial charge in [-0.15, -0.1) is 11.3 Å². The van der Waals surface area contributed by atoms with Crippen LogP contribution in [0.5, 0.6) is 0 Å². The first-order valence-electron chi connectivity index (χ1n) is 8.90. The van der Waals surface area contributed by atoms with Gasteiger partial charge in [0, 0.05) is 10.4 Å². The number of nitrogens with zero attached hydrogens (tertiary/aromatic N) is 1. The number of rotatable bonds is 4. The Morgan fingerprint density at radius 2 is 1.93 bits per heavy atom. The zero-order chi connectivity index (χ0) is 20.7. The molecule has 4 rings (SSSR count). The van der Waals surface area contributed by atoms with Crippen molar-refractivity contribution in [1.82, 2.24) is 9.97 Å². The molecule has 0 radical (unpaired) electrons. The lowest BCUT2D eigenvalue weighted by Crippen LogP contribution is -2.17. The second-order valence-electron chi connectivity index (χ2n) is 6.63. The standard InChI is InChI=1S/C21H17FN2O4S/c1-10-12(3)29-20-17(10)19(25)23-18(24-20)11(2)27-21(26)16-9-8-15(28-16)13-4-6-14(22)7-5-13/h4-9,11H,1-3H3,(H,23,24,25). The number of carbonyl (C=O) groups excluding carboxylic acids is 1. The number of hydrogen-bond acceptors (Lipinski definition) is 6. The van der Waals surface area contributed by atoms with E-state index in [1.807, 2.05) is 13.8 Å². The van der Waals surface area contributed by atoms with Gasteiger partial charge in [-0.25, -0.2) is 14.2 Å². The molecule has 0 amide bonds. The van der Waals surface area contributed by atoms with Gasteiger partial charge in [0.05, 0.1) is 5.39 Å². The molecule has 148 valence electrons. The molecule has 1 unspecified atom stereocenters. The number of carbonyl (C=O) groups is 1. The highest BCUT2D eigenvalue weighted by atomic mass is 32.1. The third kappa shape index (κ3) is 3.58. The SMILES string of the molecule is Cc1sc2nc(C(C)OC(=O)c3ccc(-c4ccc(F)cc4)o3)[nH]c(=O)c2c1C. The molecule has 0 aliphatic rings. The van der Waals surface area contributed by atoms with Crippen molar-refractivity contribution in [2.75, 3.05) is 0 Å². The molecule has 3 aromatic heterocycles. The lowest BCUT2D eigenvalue weighted by Gasteiger charge is -2.11. The number of thiophene rings is 1. The summed E-state index contributed by atoms with van der Waals surface area (Å²) in [7, 11) is 0. The van der Waals surface area contributed by atoms with Gasteiger partial charge in [0.25, 0.3) is 5.56 Å². The highest BCUT2D eigenvalue weighted by molar-refractivity contribution is 7.18. The van der Waals surface area contributed by atoms with E-state index in [4.69, 9.17) is 9.15 Å². The van der Waals surface area contributed by atoms with E-state index in [0.717, 1.165) is 10.4 Å². The Balaban J connectivity index is 1.55. The maximum absolute atomic E-state index is 13.1. The van der Waals surface area contributed by atoms with Crippen LogP contribution in [0.2, 0.25) is 0 Å². The van der Waals surface area contributed by atoms with E-state index in [0.29, 0.717) is 21.5 Å².